The summed E-state index contributed by atoms with van der Waals surface area (Å²) in [5.74, 6) is -0.478. The highest BCUT2D eigenvalue weighted by molar-refractivity contribution is 6.52. The van der Waals surface area contributed by atoms with Gasteiger partial charge in [-0.15, -0.1) is 0 Å². The fourth-order valence-electron chi connectivity index (χ4n) is 2.47. The van der Waals surface area contributed by atoms with Crippen LogP contribution in [-0.2, 0) is 4.79 Å². The first-order chi connectivity index (χ1) is 11.9. The lowest BCUT2D eigenvalue weighted by atomic mass is 10.2. The van der Waals surface area contributed by atoms with Gasteiger partial charge in [-0.2, -0.15) is 0 Å². The lowest BCUT2D eigenvalue weighted by molar-refractivity contribution is -0.117. The summed E-state index contributed by atoms with van der Waals surface area (Å²) in [4.78, 5) is 29.7. The quantitative estimate of drug-likeness (QED) is 0.707. The molecular formula is C16H11Cl4N3O2. The van der Waals surface area contributed by atoms with Crippen molar-refractivity contribution < 1.29 is 9.59 Å². The average molecular weight is 419 g/mol. The van der Waals surface area contributed by atoms with E-state index in [0.29, 0.717) is 18.7 Å². The third-order valence-corrected chi connectivity index (χ3v) is 5.39. The third kappa shape index (κ3) is 3.70. The number of pyridine rings is 1. The fraction of sp³-hybridized carbons (Fsp3) is 0.188. The Bertz CT molecular complexity index is 855. The average Bonchev–Trinajstić information content (AvgIpc) is 3.03. The number of amides is 2. The van der Waals surface area contributed by atoms with Crippen molar-refractivity contribution >= 4 is 69.6 Å². The number of carbonyl (C=O) groups is 2. The molecule has 0 radical (unpaired) electrons. The van der Waals surface area contributed by atoms with Gasteiger partial charge in [-0.3, -0.25) is 9.59 Å². The fourth-order valence-corrected chi connectivity index (χ4v) is 3.29. The van der Waals surface area contributed by atoms with Crippen LogP contribution in [0.15, 0.2) is 24.3 Å². The maximum absolute atomic E-state index is 12.4. The van der Waals surface area contributed by atoms with Crippen LogP contribution in [0.5, 0.6) is 0 Å². The summed E-state index contributed by atoms with van der Waals surface area (Å²) in [7, 11) is 0. The highest BCUT2D eigenvalue weighted by Crippen LogP contribution is 2.36. The minimum atomic E-state index is -0.574. The Hall–Kier alpha value is -1.53. The lowest BCUT2D eigenvalue weighted by Gasteiger charge is -2.16. The van der Waals surface area contributed by atoms with E-state index >= 15 is 0 Å². The molecule has 0 aliphatic carbocycles. The Morgan fingerprint density at radius 3 is 2.32 bits per heavy atom. The number of hydrogen-bond donors (Lipinski definition) is 1. The van der Waals surface area contributed by atoms with Crippen molar-refractivity contribution in [2.24, 2.45) is 0 Å². The van der Waals surface area contributed by atoms with Gasteiger partial charge in [-0.1, -0.05) is 46.4 Å². The van der Waals surface area contributed by atoms with Crippen LogP contribution in [-0.4, -0.2) is 23.3 Å². The van der Waals surface area contributed by atoms with E-state index in [4.69, 9.17) is 46.4 Å². The first kappa shape index (κ1) is 18.3. The van der Waals surface area contributed by atoms with Gasteiger partial charge in [0.15, 0.2) is 0 Å². The molecule has 1 aromatic carbocycles. The topological polar surface area (TPSA) is 62.3 Å². The van der Waals surface area contributed by atoms with Crippen molar-refractivity contribution in [1.82, 2.24) is 4.98 Å². The molecule has 1 aliphatic rings. The van der Waals surface area contributed by atoms with Crippen LogP contribution in [0.3, 0.4) is 0 Å². The summed E-state index contributed by atoms with van der Waals surface area (Å²) >= 11 is 23.6. The van der Waals surface area contributed by atoms with Gasteiger partial charge in [-0.25, -0.2) is 4.98 Å². The van der Waals surface area contributed by atoms with Crippen LogP contribution in [0.4, 0.5) is 11.4 Å². The number of nitrogens with zero attached hydrogens (tertiary/aromatic N) is 2. The zero-order valence-electron chi connectivity index (χ0n) is 12.7. The molecular weight excluding hydrogens is 408 g/mol. The van der Waals surface area contributed by atoms with E-state index in [1.807, 2.05) is 0 Å². The number of anilines is 2. The summed E-state index contributed by atoms with van der Waals surface area (Å²) < 4.78 is 0. The minimum absolute atomic E-state index is 0.00971. The number of aromatic nitrogens is 1. The normalized spacial score (nSPS) is 14.1. The van der Waals surface area contributed by atoms with Crippen LogP contribution in [0.25, 0.3) is 0 Å². The van der Waals surface area contributed by atoms with Crippen molar-refractivity contribution in [3.8, 4) is 0 Å². The summed E-state index contributed by atoms with van der Waals surface area (Å²) in [6.45, 7) is 0.700. The molecule has 5 nitrogen and oxygen atoms in total. The summed E-state index contributed by atoms with van der Waals surface area (Å²) in [6, 6.07) is 6.89. The van der Waals surface area contributed by atoms with Gasteiger partial charge in [0.05, 0.1) is 15.1 Å². The first-order valence-corrected chi connectivity index (χ1v) is 8.81. The van der Waals surface area contributed by atoms with Crippen molar-refractivity contribution in [3.63, 3.8) is 0 Å². The molecule has 3 rings (SSSR count). The van der Waals surface area contributed by atoms with E-state index < -0.39 is 5.91 Å². The van der Waals surface area contributed by atoms with E-state index in [0.717, 1.165) is 12.1 Å². The summed E-state index contributed by atoms with van der Waals surface area (Å²) in [6.07, 6.45) is 1.40. The molecule has 25 heavy (non-hydrogen) atoms. The van der Waals surface area contributed by atoms with Crippen LogP contribution in [0.2, 0.25) is 20.2 Å². The molecule has 1 aliphatic heterocycles. The van der Waals surface area contributed by atoms with Crippen LogP contribution in [0.1, 0.15) is 23.3 Å². The molecule has 0 bridgehead atoms. The highest BCUT2D eigenvalue weighted by Gasteiger charge is 2.22. The molecule has 130 valence electrons. The number of carbonyl (C=O) groups excluding carboxylic acids is 2. The second kappa shape index (κ2) is 7.38. The van der Waals surface area contributed by atoms with Gasteiger partial charge in [0.25, 0.3) is 5.91 Å². The summed E-state index contributed by atoms with van der Waals surface area (Å²) in [5, 5.41) is 2.43. The number of halogens is 4. The number of benzene rings is 1. The molecule has 2 aromatic rings. The van der Waals surface area contributed by atoms with Crippen LogP contribution in [0, 0.1) is 0 Å². The van der Waals surface area contributed by atoms with Gasteiger partial charge in [-0.05, 0) is 30.7 Å². The molecule has 1 saturated heterocycles. The first-order valence-electron chi connectivity index (χ1n) is 7.30. The lowest BCUT2D eigenvalue weighted by Crippen LogP contribution is -2.23. The van der Waals surface area contributed by atoms with E-state index in [1.165, 1.54) is 0 Å². The van der Waals surface area contributed by atoms with Gasteiger partial charge in [0.2, 0.25) is 5.91 Å². The molecule has 1 aromatic heterocycles. The second-order valence-electron chi connectivity index (χ2n) is 5.34. The molecule has 0 saturated carbocycles. The van der Waals surface area contributed by atoms with Crippen molar-refractivity contribution in [2.45, 2.75) is 12.8 Å². The van der Waals surface area contributed by atoms with Gasteiger partial charge < -0.3 is 10.2 Å². The van der Waals surface area contributed by atoms with E-state index in [2.05, 4.69) is 10.3 Å². The van der Waals surface area contributed by atoms with Gasteiger partial charge in [0, 0.05) is 24.3 Å². The zero-order chi connectivity index (χ0) is 18.1. The molecule has 1 N–H and O–H groups in total. The van der Waals surface area contributed by atoms with E-state index in [1.54, 1.807) is 29.2 Å². The number of rotatable bonds is 3. The highest BCUT2D eigenvalue weighted by atomic mass is 35.5. The van der Waals surface area contributed by atoms with Crippen LogP contribution >= 0.6 is 46.4 Å². The number of hydrogen-bond acceptors (Lipinski definition) is 3. The molecule has 2 heterocycles. The predicted octanol–water partition coefficient (Wildman–Crippen LogP) is 5.07. The standard InChI is InChI=1S/C16H11Cl4N3O2/c17-11-12(18)14(22-15(20)13(11)19)16(25)21-8-3-5-9(6-4-8)23-7-1-2-10(23)24/h3-6H,1-2,7H2,(H,21,25). The maximum atomic E-state index is 12.4. The second-order valence-corrected chi connectivity index (χ2v) is 6.84. The summed E-state index contributed by atoms with van der Waals surface area (Å²) in [5.41, 5.74) is 1.18. The monoisotopic (exact) mass is 417 g/mol. The largest absolute Gasteiger partial charge is 0.321 e. The SMILES string of the molecule is O=C(Nc1ccc(N2CCCC2=O)cc1)c1nc(Cl)c(Cl)c(Cl)c1Cl. The maximum Gasteiger partial charge on any atom is 0.275 e. The van der Waals surface area contributed by atoms with Gasteiger partial charge in [0.1, 0.15) is 10.8 Å². The molecule has 0 spiro atoms. The molecule has 1 fully saturated rings. The third-order valence-electron chi connectivity index (χ3n) is 3.71. The Kier molecular flexibility index (Phi) is 5.39. The molecule has 0 unspecified atom stereocenters. The Morgan fingerprint density at radius 2 is 1.72 bits per heavy atom. The van der Waals surface area contributed by atoms with E-state index in [9.17, 15) is 9.59 Å². The Labute approximate surface area is 163 Å². The zero-order valence-corrected chi connectivity index (χ0v) is 15.7. The van der Waals surface area contributed by atoms with Crippen molar-refractivity contribution in [1.29, 1.82) is 0 Å². The van der Waals surface area contributed by atoms with E-state index in [-0.39, 0.29) is 31.8 Å². The smallest absolute Gasteiger partial charge is 0.275 e. The molecule has 0 atom stereocenters. The minimum Gasteiger partial charge on any atom is -0.321 e. The molecule has 2 amide bonds. The van der Waals surface area contributed by atoms with Crippen LogP contribution < -0.4 is 10.2 Å². The van der Waals surface area contributed by atoms with Crippen molar-refractivity contribution in [2.75, 3.05) is 16.8 Å². The van der Waals surface area contributed by atoms with Gasteiger partial charge >= 0.3 is 0 Å². The molecule has 9 heteroatoms. The Morgan fingerprint density at radius 1 is 1.04 bits per heavy atom. The van der Waals surface area contributed by atoms with Crippen molar-refractivity contribution in [3.05, 3.63) is 50.2 Å². The predicted molar refractivity (Wildman–Crippen MR) is 100 cm³/mol. The number of nitrogens with one attached hydrogen (secondary N) is 1. The Balaban J connectivity index is 1.79.